The van der Waals surface area contributed by atoms with Crippen molar-refractivity contribution in [2.24, 2.45) is 0 Å². The molecule has 0 bridgehead atoms. The van der Waals surface area contributed by atoms with Gasteiger partial charge in [0.05, 0.1) is 33.0 Å². The predicted octanol–water partition coefficient (Wildman–Crippen LogP) is -21.6. The fraction of sp³-hybridized carbons (Fsp3) is 0.857. The summed E-state index contributed by atoms with van der Waals surface area (Å²) in [6.07, 6.45) is -107. The number of aliphatic hydroxyl groups is 22. The van der Waals surface area contributed by atoms with Gasteiger partial charge in [0, 0.05) is 34.6 Å². The van der Waals surface area contributed by atoms with Crippen molar-refractivity contribution in [3.8, 4) is 0 Å². The molecule has 10 saturated heterocycles. The van der Waals surface area contributed by atoms with Crippen LogP contribution in [0.3, 0.4) is 0 Å². The average Bonchev–Trinajstić information content (AvgIpc) is 0.753. The fourth-order valence-corrected chi connectivity index (χ4v) is 16.3. The third-order valence-corrected chi connectivity index (χ3v) is 22.7. The van der Waals surface area contributed by atoms with Crippen molar-refractivity contribution in [1.29, 1.82) is 0 Å². The molecule has 0 saturated carbocycles. The predicted molar refractivity (Wildman–Crippen MR) is 390 cm³/mol. The molecule has 32 N–H and O–H groups in total. The minimum atomic E-state index is -2.74. The zero-order valence-electron chi connectivity index (χ0n) is 68.8. The van der Waals surface area contributed by atoms with E-state index in [9.17, 15) is 186 Å². The lowest BCUT2D eigenvalue weighted by Gasteiger charge is -2.51. The number of nitrogens with one attached hydrogen (secondary N) is 5. The largest absolute Gasteiger partial charge is 0.479 e. The molecular formula is C70H107N5O56. The first-order chi connectivity index (χ1) is 61.5. The van der Waals surface area contributed by atoms with Crippen molar-refractivity contribution in [3.05, 3.63) is 0 Å². The van der Waals surface area contributed by atoms with Crippen LogP contribution in [0.25, 0.3) is 0 Å². The molecule has 131 heavy (non-hydrogen) atoms. The van der Waals surface area contributed by atoms with Crippen molar-refractivity contribution < 1.29 is 276 Å². The Bertz CT molecular complexity index is 3890. The zero-order chi connectivity index (χ0) is 97.1. The number of rotatable bonds is 33. The summed E-state index contributed by atoms with van der Waals surface area (Å²) in [7, 11) is 0. The summed E-state index contributed by atoms with van der Waals surface area (Å²) < 4.78 is 108. The third kappa shape index (κ3) is 23.2. The number of hydrogen-bond donors (Lipinski definition) is 32. The monoisotopic (exact) mass is 1910 g/mol. The van der Waals surface area contributed by atoms with Gasteiger partial charge in [-0.1, -0.05) is 0 Å². The van der Waals surface area contributed by atoms with Gasteiger partial charge in [0.25, 0.3) is 0 Å². The van der Waals surface area contributed by atoms with E-state index in [-0.39, 0.29) is 0 Å². The second-order valence-electron chi connectivity index (χ2n) is 31.9. The molecule has 0 radical (unpaired) electrons. The second kappa shape index (κ2) is 44.9. The Morgan fingerprint density at radius 1 is 0.206 bits per heavy atom. The Labute approximate surface area is 734 Å². The highest BCUT2D eigenvalue weighted by Gasteiger charge is 2.64. The molecule has 10 fully saturated rings. The van der Waals surface area contributed by atoms with Crippen molar-refractivity contribution >= 4 is 59.4 Å². The van der Waals surface area contributed by atoms with Crippen molar-refractivity contribution in [2.45, 2.75) is 341 Å². The van der Waals surface area contributed by atoms with Crippen LogP contribution in [0.2, 0.25) is 0 Å². The van der Waals surface area contributed by atoms with Crippen molar-refractivity contribution in [1.82, 2.24) is 26.6 Å². The quantitative estimate of drug-likeness (QED) is 0.0290. The molecule has 748 valence electrons. The number of carbonyl (C=O) groups excluding carboxylic acids is 5. The number of carbonyl (C=O) groups is 10. The smallest absolute Gasteiger partial charge is 0.335 e. The van der Waals surface area contributed by atoms with Gasteiger partial charge in [-0.2, -0.15) is 0 Å². The van der Waals surface area contributed by atoms with E-state index in [0.717, 1.165) is 34.6 Å². The molecule has 10 rings (SSSR count). The number of hydrogen-bond acceptors (Lipinski definition) is 51. The number of amides is 5. The van der Waals surface area contributed by atoms with E-state index >= 15 is 0 Å². The van der Waals surface area contributed by atoms with Gasteiger partial charge in [0.15, 0.2) is 93.4 Å². The Balaban J connectivity index is 0.849. The van der Waals surface area contributed by atoms with E-state index in [1.54, 1.807) is 0 Å². The third-order valence-electron chi connectivity index (χ3n) is 22.7. The molecule has 10 heterocycles. The Morgan fingerprint density at radius 2 is 0.382 bits per heavy atom. The molecule has 0 aliphatic carbocycles. The number of carboxylic acid groups (broad SMARTS) is 5. The standard InChI is InChI=1S/C70H107N5O56/c1-11(81)71-21-42(26(86)16(6-76)113-61(21)112)118-67-38(98)33(93)47(52(128-67)57(104)105)123-63-23(73-13(3)83)44(28(88)18(8-78)115-63)120-69-40(100)35(95)49(54(130-69)59(108)109)125-65-25(75-15(5)85)46(30(90)20(10-80)117-65)122-70-41(101)36(96)50(55(131-70)60(110)111)126-64-24(74-14(4)84)45(29(89)19(9-79)116-64)121-68-39(99)34(94)48(53(129-68)58(106)107)124-62-22(72-12(2)82)43(27(87)17(7-77)114-62)119-66-37(97)31(91)32(92)51(127-66)56(102)103/h16-55,61-70,76-80,86-101,112H,6-10H2,1-5H3,(H,71,81)(H,72,82)(H,73,83)(H,74,84)(H,75,85)(H,102,103)(H,104,105)(H,106,107)(H,108,109)(H,110,111)/t16-,17-,18-,19-,20-,21-,22-,23-,24-,25-,26+,27+,28+,29+,30+,31+,32+,33-,34-,35-,36-,37-,38-,39-,40-,41-,42-,43-,44-,45-,46-,47+,48+,49+,50+,51+,52+,53+,54+,55+,61-,62+,63+,64+,65+,66-,67-,68-,69-,70-/m1/s1. The molecular weight excluding hydrogens is 1810 g/mol. The van der Waals surface area contributed by atoms with Crippen LogP contribution in [-0.4, -0.2) is 537 Å². The Kier molecular flexibility index (Phi) is 36.4. The second-order valence-corrected chi connectivity index (χ2v) is 31.9. The van der Waals surface area contributed by atoms with Gasteiger partial charge in [0.1, 0.15) is 213 Å². The van der Waals surface area contributed by atoms with Crippen LogP contribution in [0.1, 0.15) is 34.6 Å². The summed E-state index contributed by atoms with van der Waals surface area (Å²) in [5, 5.41) is 310. The lowest BCUT2D eigenvalue weighted by molar-refractivity contribution is -0.382. The summed E-state index contributed by atoms with van der Waals surface area (Å²) >= 11 is 0. The number of ether oxygens (including phenoxy) is 19. The first-order valence-corrected chi connectivity index (χ1v) is 40.1. The normalized spacial score (nSPS) is 46.9. The molecule has 0 aromatic heterocycles. The van der Waals surface area contributed by atoms with Crippen molar-refractivity contribution in [2.75, 3.05) is 33.0 Å². The van der Waals surface area contributed by atoms with Crippen LogP contribution in [0, 0.1) is 0 Å². The lowest BCUT2D eigenvalue weighted by atomic mass is 9.93. The summed E-state index contributed by atoms with van der Waals surface area (Å²) in [4.78, 5) is 129. The van der Waals surface area contributed by atoms with Gasteiger partial charge in [-0.3, -0.25) is 24.0 Å². The minimum Gasteiger partial charge on any atom is -0.479 e. The van der Waals surface area contributed by atoms with Crippen LogP contribution in [0.5, 0.6) is 0 Å². The van der Waals surface area contributed by atoms with Crippen LogP contribution >= 0.6 is 0 Å². The van der Waals surface area contributed by atoms with Gasteiger partial charge in [0.2, 0.25) is 29.5 Å². The minimum absolute atomic E-state index is 0.796. The van der Waals surface area contributed by atoms with Crippen LogP contribution in [0.15, 0.2) is 0 Å². The van der Waals surface area contributed by atoms with E-state index in [1.165, 1.54) is 0 Å². The van der Waals surface area contributed by atoms with E-state index in [1.807, 2.05) is 0 Å². The summed E-state index contributed by atoms with van der Waals surface area (Å²) in [6.45, 7) is -1.80. The molecule has 0 unspecified atom stereocenters. The van der Waals surface area contributed by atoms with Gasteiger partial charge in [-0.05, 0) is 0 Å². The topological polar surface area (TPSA) is 952 Å². The Hall–Kier alpha value is -6.94. The molecule has 61 heteroatoms. The fourth-order valence-electron chi connectivity index (χ4n) is 16.3. The maximum atomic E-state index is 13.4. The maximum absolute atomic E-state index is 13.4. The summed E-state index contributed by atoms with van der Waals surface area (Å²) in [6, 6.07) is -10.3. The molecule has 5 amide bonds. The van der Waals surface area contributed by atoms with Gasteiger partial charge in [-0.25, -0.2) is 24.0 Å². The molecule has 0 aromatic carbocycles. The Morgan fingerprint density at radius 3 is 0.580 bits per heavy atom. The lowest BCUT2D eigenvalue weighted by Crippen LogP contribution is -2.72. The van der Waals surface area contributed by atoms with Crippen LogP contribution in [0.4, 0.5) is 0 Å². The van der Waals surface area contributed by atoms with Crippen LogP contribution in [-0.2, 0) is 138 Å². The zero-order valence-corrected chi connectivity index (χ0v) is 68.8. The number of carboxylic acids is 5. The van der Waals surface area contributed by atoms with Crippen LogP contribution < -0.4 is 26.6 Å². The molecule has 50 atom stereocenters. The maximum Gasteiger partial charge on any atom is 0.335 e. The van der Waals surface area contributed by atoms with Gasteiger partial charge >= 0.3 is 29.8 Å². The molecule has 10 aliphatic rings. The highest BCUT2D eigenvalue weighted by molar-refractivity contribution is 5.77. The average molecular weight is 1910 g/mol. The molecule has 0 aromatic rings. The van der Waals surface area contributed by atoms with E-state index in [4.69, 9.17) is 90.0 Å². The van der Waals surface area contributed by atoms with E-state index < -0.39 is 399 Å². The first kappa shape index (κ1) is 106. The number of aliphatic hydroxyl groups excluding tert-OH is 22. The summed E-state index contributed by atoms with van der Waals surface area (Å²) in [5.74, 6) is -15.6. The van der Waals surface area contributed by atoms with E-state index in [2.05, 4.69) is 26.6 Å². The van der Waals surface area contributed by atoms with Gasteiger partial charge < -0.3 is 254 Å². The SMILES string of the molecule is CC(=O)N[C@@H]1[C@@H](O[C@@H]2O[C@H](C(=O)O)[C@@H](O[C@@H]3O[C@H](CO)[C@H](O)[C@H](O[C@@H]4O[C@H](C(=O)O)[C@@H](O[C@@H]5O[C@H](CO)[C@H](O)[C@H](O[C@@H]6O[C@H](C(=O)O)[C@@H](O[C@@H]7O[C@H](CO)[C@H](O)[C@H](O[C@@H]8O[C@H](C(=O)O)[C@@H](O[C@@H]9O[C@H](CO)[C@H](O)[C@H](O[C@@H]%10O[C@H](C(=O)O)[C@@H](O)[C@H](O)[C@H]%10O)[C@H]9NC(C)=O)[C@H](O)[C@H]8O)[C@H]7NC(C)=O)[C@H](O)[C@H]6O)[C@H]5NC(C)=O)[C@H](O)[C@H]4O)[C@H]3NC(C)=O)[C@H](O)[C@H]2O)[C@@H](O)[C@@H](CO)O[C@H]1O. The molecule has 10 aliphatic heterocycles. The van der Waals surface area contributed by atoms with E-state index in [0.29, 0.717) is 0 Å². The highest BCUT2D eigenvalue weighted by Crippen LogP contribution is 2.42. The number of aliphatic carboxylic acids is 5. The highest BCUT2D eigenvalue weighted by atomic mass is 16.8. The van der Waals surface area contributed by atoms with Crippen molar-refractivity contribution in [3.63, 3.8) is 0 Å². The molecule has 61 nitrogen and oxygen atoms in total. The van der Waals surface area contributed by atoms with Gasteiger partial charge in [-0.15, -0.1) is 0 Å². The molecule has 0 spiro atoms. The summed E-state index contributed by atoms with van der Waals surface area (Å²) in [5.41, 5.74) is 0. The first-order valence-electron chi connectivity index (χ1n) is 40.1.